The van der Waals surface area contributed by atoms with Crippen molar-refractivity contribution in [3.63, 3.8) is 0 Å². The molecule has 1 aromatic heterocycles. The van der Waals surface area contributed by atoms with E-state index in [1.165, 1.54) is 4.88 Å². The number of ether oxygens (including phenoxy) is 1. The van der Waals surface area contributed by atoms with Crippen LogP contribution in [0.15, 0.2) is 47.8 Å². The predicted octanol–water partition coefficient (Wildman–Crippen LogP) is 3.59. The number of rotatable bonds is 8. The summed E-state index contributed by atoms with van der Waals surface area (Å²) in [7, 11) is 0. The van der Waals surface area contributed by atoms with E-state index in [4.69, 9.17) is 4.74 Å². The summed E-state index contributed by atoms with van der Waals surface area (Å²) in [5, 5.41) is 5.16. The molecule has 140 valence electrons. The maximum atomic E-state index is 12.5. The quantitative estimate of drug-likeness (QED) is 0.770. The first kappa shape index (κ1) is 18.9. The van der Waals surface area contributed by atoms with Gasteiger partial charge in [-0.3, -0.25) is 9.69 Å². The lowest BCUT2D eigenvalue weighted by molar-refractivity contribution is -0.126. The highest BCUT2D eigenvalue weighted by Gasteiger charge is 2.27. The molecule has 2 heterocycles. The molecule has 1 aliphatic heterocycles. The average Bonchev–Trinajstić information content (AvgIpc) is 3.20. The minimum atomic E-state index is -0.0853. The number of nitrogens with one attached hydrogen (secondary N) is 1. The van der Waals surface area contributed by atoms with E-state index in [0.717, 1.165) is 38.1 Å². The number of hydrogen-bond acceptors (Lipinski definition) is 4. The fourth-order valence-corrected chi connectivity index (χ4v) is 4.10. The monoisotopic (exact) mass is 372 g/mol. The molecule has 2 aromatic rings. The Kier molecular flexibility index (Phi) is 7.09. The number of benzene rings is 1. The maximum Gasteiger partial charge on any atom is 0.237 e. The zero-order valence-corrected chi connectivity index (χ0v) is 16.2. The number of para-hydroxylation sites is 1. The van der Waals surface area contributed by atoms with Gasteiger partial charge in [-0.15, -0.1) is 11.3 Å². The average molecular weight is 373 g/mol. The normalized spacial score (nSPS) is 19.0. The molecule has 1 N–H and O–H groups in total. The first-order valence-electron chi connectivity index (χ1n) is 9.44. The van der Waals surface area contributed by atoms with Gasteiger partial charge < -0.3 is 10.1 Å². The molecular formula is C21H28N2O2S. The van der Waals surface area contributed by atoms with Gasteiger partial charge in [0.25, 0.3) is 0 Å². The third-order valence-corrected chi connectivity index (χ3v) is 5.89. The summed E-state index contributed by atoms with van der Waals surface area (Å²) in [6.45, 7) is 5.35. The number of amides is 1. The molecule has 0 spiro atoms. The van der Waals surface area contributed by atoms with Gasteiger partial charge in [0.05, 0.1) is 12.6 Å². The molecule has 0 bridgehead atoms. The standard InChI is InChI=1S/C21H28N2O2S/c1-17(21(24)22-12-11-20-10-6-14-26-20)23-13-5-7-18(15-23)16-25-19-8-3-2-4-9-19/h2-4,6,8-10,14,17-18H,5,7,11-13,15-16H2,1H3,(H,22,24). The zero-order valence-electron chi connectivity index (χ0n) is 15.4. The molecule has 0 aliphatic carbocycles. The molecule has 5 heteroatoms. The molecule has 0 radical (unpaired) electrons. The molecule has 4 nitrogen and oxygen atoms in total. The third kappa shape index (κ3) is 5.58. The van der Waals surface area contributed by atoms with Crippen molar-refractivity contribution in [1.29, 1.82) is 0 Å². The first-order valence-corrected chi connectivity index (χ1v) is 10.3. The van der Waals surface area contributed by atoms with Crippen molar-refractivity contribution >= 4 is 17.2 Å². The molecule has 2 atom stereocenters. The van der Waals surface area contributed by atoms with E-state index >= 15 is 0 Å². The number of thiophene rings is 1. The smallest absolute Gasteiger partial charge is 0.237 e. The summed E-state index contributed by atoms with van der Waals surface area (Å²) in [5.41, 5.74) is 0. The van der Waals surface area contributed by atoms with Crippen molar-refractivity contribution in [2.75, 3.05) is 26.2 Å². The van der Waals surface area contributed by atoms with Crippen molar-refractivity contribution in [3.8, 4) is 5.75 Å². The number of likely N-dealkylation sites (tertiary alicyclic amines) is 1. The van der Waals surface area contributed by atoms with Crippen LogP contribution in [-0.4, -0.2) is 43.1 Å². The van der Waals surface area contributed by atoms with Gasteiger partial charge in [-0.05, 0) is 56.3 Å². The van der Waals surface area contributed by atoms with Gasteiger partial charge in [-0.1, -0.05) is 24.3 Å². The molecular weight excluding hydrogens is 344 g/mol. The summed E-state index contributed by atoms with van der Waals surface area (Å²) < 4.78 is 5.91. The van der Waals surface area contributed by atoms with Crippen LogP contribution in [0.25, 0.3) is 0 Å². The van der Waals surface area contributed by atoms with Crippen LogP contribution in [0.2, 0.25) is 0 Å². The van der Waals surface area contributed by atoms with E-state index in [2.05, 4.69) is 27.7 Å². The summed E-state index contributed by atoms with van der Waals surface area (Å²) in [6, 6.07) is 14.0. The topological polar surface area (TPSA) is 41.6 Å². The van der Waals surface area contributed by atoms with Crippen LogP contribution in [0, 0.1) is 5.92 Å². The van der Waals surface area contributed by atoms with Crippen LogP contribution < -0.4 is 10.1 Å². The summed E-state index contributed by atoms with van der Waals surface area (Å²) in [6.07, 6.45) is 3.19. The molecule has 1 aromatic carbocycles. The van der Waals surface area contributed by atoms with Crippen molar-refractivity contribution in [3.05, 3.63) is 52.7 Å². The molecule has 1 amide bonds. The largest absolute Gasteiger partial charge is 0.493 e. The third-order valence-electron chi connectivity index (χ3n) is 4.96. The van der Waals surface area contributed by atoms with Crippen LogP contribution in [0.5, 0.6) is 5.75 Å². The number of nitrogens with zero attached hydrogens (tertiary/aromatic N) is 1. The van der Waals surface area contributed by atoms with Gasteiger partial charge in [0, 0.05) is 23.9 Å². The van der Waals surface area contributed by atoms with Crippen LogP contribution in [-0.2, 0) is 11.2 Å². The Hall–Kier alpha value is -1.85. The Labute approximate surface area is 160 Å². The fourth-order valence-electron chi connectivity index (χ4n) is 3.39. The Bertz CT molecular complexity index is 660. The molecule has 1 fully saturated rings. The second kappa shape index (κ2) is 9.74. The minimum absolute atomic E-state index is 0.0853. The van der Waals surface area contributed by atoms with Gasteiger partial charge in [0.2, 0.25) is 5.91 Å². The molecule has 2 unspecified atom stereocenters. The number of piperidine rings is 1. The van der Waals surface area contributed by atoms with Crippen molar-refractivity contribution in [2.45, 2.75) is 32.2 Å². The van der Waals surface area contributed by atoms with Gasteiger partial charge >= 0.3 is 0 Å². The minimum Gasteiger partial charge on any atom is -0.493 e. The van der Waals surface area contributed by atoms with E-state index in [1.54, 1.807) is 11.3 Å². The van der Waals surface area contributed by atoms with Gasteiger partial charge in [0.1, 0.15) is 5.75 Å². The molecule has 1 saturated heterocycles. The Morgan fingerprint density at radius 1 is 1.31 bits per heavy atom. The Balaban J connectivity index is 1.41. The van der Waals surface area contributed by atoms with Gasteiger partial charge in [-0.25, -0.2) is 0 Å². The Morgan fingerprint density at radius 3 is 2.92 bits per heavy atom. The molecule has 3 rings (SSSR count). The lowest BCUT2D eigenvalue weighted by atomic mass is 9.97. The first-order chi connectivity index (χ1) is 12.7. The van der Waals surface area contributed by atoms with E-state index < -0.39 is 0 Å². The number of carbonyl (C=O) groups is 1. The fraction of sp³-hybridized carbons (Fsp3) is 0.476. The molecule has 0 saturated carbocycles. The highest BCUT2D eigenvalue weighted by Crippen LogP contribution is 2.20. The van der Waals surface area contributed by atoms with E-state index in [0.29, 0.717) is 19.1 Å². The highest BCUT2D eigenvalue weighted by atomic mass is 32.1. The molecule has 26 heavy (non-hydrogen) atoms. The lowest BCUT2D eigenvalue weighted by Gasteiger charge is -2.36. The van der Waals surface area contributed by atoms with Gasteiger partial charge in [0.15, 0.2) is 0 Å². The van der Waals surface area contributed by atoms with Crippen molar-refractivity contribution < 1.29 is 9.53 Å². The maximum absolute atomic E-state index is 12.5. The number of hydrogen-bond donors (Lipinski definition) is 1. The van der Waals surface area contributed by atoms with E-state index in [9.17, 15) is 4.79 Å². The molecule has 1 aliphatic rings. The van der Waals surface area contributed by atoms with Crippen LogP contribution >= 0.6 is 11.3 Å². The van der Waals surface area contributed by atoms with E-state index in [-0.39, 0.29) is 11.9 Å². The van der Waals surface area contributed by atoms with Crippen LogP contribution in [0.1, 0.15) is 24.6 Å². The van der Waals surface area contributed by atoms with Crippen molar-refractivity contribution in [1.82, 2.24) is 10.2 Å². The van der Waals surface area contributed by atoms with Crippen molar-refractivity contribution in [2.24, 2.45) is 5.92 Å². The highest BCUT2D eigenvalue weighted by molar-refractivity contribution is 7.09. The second-order valence-electron chi connectivity index (χ2n) is 6.92. The SMILES string of the molecule is CC(C(=O)NCCc1cccs1)N1CCCC(COc2ccccc2)C1. The van der Waals surface area contributed by atoms with Crippen LogP contribution in [0.3, 0.4) is 0 Å². The summed E-state index contributed by atoms with van der Waals surface area (Å²) >= 11 is 1.74. The van der Waals surface area contributed by atoms with Gasteiger partial charge in [-0.2, -0.15) is 0 Å². The zero-order chi connectivity index (χ0) is 18.2. The van der Waals surface area contributed by atoms with E-state index in [1.807, 2.05) is 37.3 Å². The second-order valence-corrected chi connectivity index (χ2v) is 7.96. The number of carbonyl (C=O) groups excluding carboxylic acids is 1. The Morgan fingerprint density at radius 2 is 2.15 bits per heavy atom. The predicted molar refractivity (Wildman–Crippen MR) is 107 cm³/mol. The summed E-state index contributed by atoms with van der Waals surface area (Å²) in [5.74, 6) is 1.53. The summed E-state index contributed by atoms with van der Waals surface area (Å²) in [4.78, 5) is 16.1. The lowest BCUT2D eigenvalue weighted by Crippen LogP contribution is -2.50. The van der Waals surface area contributed by atoms with Crippen LogP contribution in [0.4, 0.5) is 0 Å².